The first-order valence-corrected chi connectivity index (χ1v) is 46.6. The second kappa shape index (κ2) is 41.0. The molecule has 147 heavy (non-hydrogen) atoms. The summed E-state index contributed by atoms with van der Waals surface area (Å²) in [6.45, 7) is 8.83. The number of carbonyl (C=O) groups is 2. The Hall–Kier alpha value is -19.4. The lowest BCUT2D eigenvalue weighted by atomic mass is 10.1. The number of benzene rings is 11. The highest BCUT2D eigenvalue weighted by molar-refractivity contribution is 5.95. The predicted octanol–water partition coefficient (Wildman–Crippen LogP) is 11.4. The number of hydrogen-bond acceptors (Lipinski definition) is 27. The van der Waals surface area contributed by atoms with Gasteiger partial charge < -0.3 is 43.6 Å². The lowest BCUT2D eigenvalue weighted by Crippen LogP contribution is -2.26. The minimum absolute atomic E-state index is 0.0722. The van der Waals surface area contributed by atoms with Gasteiger partial charge in [0.05, 0.1) is 98.9 Å². The smallest absolute Gasteiger partial charge is 0.351 e. The zero-order valence-corrected chi connectivity index (χ0v) is 79.8. The molecule has 24 rings (SSSR count). The molecule has 0 unspecified atom stereocenters. The van der Waals surface area contributed by atoms with Gasteiger partial charge in [-0.05, 0) is 163 Å². The van der Waals surface area contributed by atoms with Gasteiger partial charge in [0.1, 0.15) is 24.1 Å². The Morgan fingerprint density at radius 3 is 1.24 bits per heavy atom. The van der Waals surface area contributed by atoms with Crippen LogP contribution in [0.1, 0.15) is 87.5 Å². The molecule has 0 aliphatic heterocycles. The fourth-order valence-electron chi connectivity index (χ4n) is 17.0. The van der Waals surface area contributed by atoms with Gasteiger partial charge in [0.2, 0.25) is 33.9 Å². The molecule has 11 N–H and O–H groups in total. The summed E-state index contributed by atoms with van der Waals surface area (Å²) in [5.74, 6) is 0.0588. The molecule has 1 amide bonds. The Balaban J connectivity index is 0.000000111. The van der Waals surface area contributed by atoms with E-state index in [9.17, 15) is 51.5 Å². The van der Waals surface area contributed by atoms with E-state index in [0.29, 0.717) is 150 Å². The summed E-state index contributed by atoms with van der Waals surface area (Å²) >= 11 is 0. The van der Waals surface area contributed by atoms with E-state index in [2.05, 4.69) is 72.7 Å². The molecule has 1 aliphatic carbocycles. The molecule has 0 bridgehead atoms. The Kier molecular flexibility index (Phi) is 26.9. The van der Waals surface area contributed by atoms with Crippen molar-refractivity contribution in [1.82, 2.24) is 120 Å². The van der Waals surface area contributed by atoms with Gasteiger partial charge in [0.15, 0.2) is 34.9 Å². The lowest BCUT2D eigenvalue weighted by Gasteiger charge is -2.13. The summed E-state index contributed by atoms with van der Waals surface area (Å²) in [6.07, 6.45) is 4.37. The molecule has 11 aromatic carbocycles. The Labute approximate surface area is 828 Å². The van der Waals surface area contributed by atoms with Crippen molar-refractivity contribution in [3.8, 4) is 0 Å². The summed E-state index contributed by atoms with van der Waals surface area (Å²) in [5.41, 5.74) is 44.1. The molecule has 40 nitrogen and oxygen atoms in total. The molecule has 740 valence electrons. The SMILES string of the molecule is CCCCNc1nc2ccc(F)cc2n2c(=O)n(Cc3ccccc3)nc12.CN(C)C(=O)c1ccccc1Cn1nc2c(N)nc3ccccc3n2c1=O.Cc1ccc(Cn2nc3c(N)nc4ccccc4n3c2=O)cc1.Cc1ccc2c(c1)nc(N)c1nn(Cc3c(F)cccc3F)c(=O)n12.Nc1nc2cc(COC=O)ccc2n2c(=O)n(Cc3ccccc3)nc12.Nc1nc2ccccc2n2c(=O)n(CC3CC3)nc12. The Morgan fingerprint density at radius 1 is 0.388 bits per heavy atom. The number of hydrogen-bond donors (Lipinski definition) is 6. The molecule has 0 radical (unpaired) electrons. The molecule has 0 atom stereocenters. The number of aromatic nitrogens is 24. The molecular weight excluding hydrogens is 1880 g/mol. The third-order valence-electron chi connectivity index (χ3n) is 24.4. The summed E-state index contributed by atoms with van der Waals surface area (Å²) in [4.78, 5) is 127. The van der Waals surface area contributed by atoms with Gasteiger partial charge in [-0.2, -0.15) is 0 Å². The molecule has 43 heteroatoms. The molecule has 1 aliphatic rings. The van der Waals surface area contributed by atoms with Crippen LogP contribution in [0.15, 0.2) is 284 Å². The van der Waals surface area contributed by atoms with Crippen molar-refractivity contribution in [2.24, 2.45) is 5.92 Å². The minimum Gasteiger partial charge on any atom is -0.463 e. The van der Waals surface area contributed by atoms with Crippen LogP contribution in [0.2, 0.25) is 0 Å². The third-order valence-corrected chi connectivity index (χ3v) is 24.4. The number of fused-ring (bicyclic) bond motifs is 18. The van der Waals surface area contributed by atoms with E-state index in [4.69, 9.17) is 33.4 Å². The summed E-state index contributed by atoms with van der Waals surface area (Å²) in [6, 6.07) is 74.9. The van der Waals surface area contributed by atoms with Crippen molar-refractivity contribution >= 4 is 147 Å². The van der Waals surface area contributed by atoms with E-state index in [-0.39, 0.29) is 88.5 Å². The van der Waals surface area contributed by atoms with Crippen LogP contribution >= 0.6 is 0 Å². The van der Waals surface area contributed by atoms with Gasteiger partial charge in [-0.15, -0.1) is 30.6 Å². The van der Waals surface area contributed by atoms with Crippen LogP contribution in [-0.2, 0) is 55.4 Å². The lowest BCUT2D eigenvalue weighted by molar-refractivity contribution is -0.129. The summed E-state index contributed by atoms with van der Waals surface area (Å²) < 4.78 is 63.0. The number of nitrogen functional groups attached to an aromatic ring is 5. The van der Waals surface area contributed by atoms with Crippen LogP contribution in [0.3, 0.4) is 0 Å². The third kappa shape index (κ3) is 19.7. The molecule has 0 spiro atoms. The van der Waals surface area contributed by atoms with Crippen LogP contribution in [0.25, 0.3) is 100 Å². The van der Waals surface area contributed by atoms with Crippen molar-refractivity contribution in [2.45, 2.75) is 92.3 Å². The maximum absolute atomic E-state index is 13.9. The van der Waals surface area contributed by atoms with Crippen LogP contribution in [0.5, 0.6) is 0 Å². The molecule has 1 fully saturated rings. The zero-order chi connectivity index (χ0) is 103. The number of ether oxygens (including phenoxy) is 1. The first-order chi connectivity index (χ1) is 71.1. The van der Waals surface area contributed by atoms with E-state index in [1.807, 2.05) is 178 Å². The second-order valence-corrected chi connectivity index (χ2v) is 35.1. The highest BCUT2D eigenvalue weighted by Gasteiger charge is 2.28. The average molecular weight is 1980 g/mol. The monoisotopic (exact) mass is 1980 g/mol. The normalized spacial score (nSPS) is 11.8. The second-order valence-electron chi connectivity index (χ2n) is 35.1. The minimum atomic E-state index is -0.740. The van der Waals surface area contributed by atoms with Gasteiger partial charge >= 0.3 is 34.1 Å². The Morgan fingerprint density at radius 2 is 0.769 bits per heavy atom. The highest BCUT2D eigenvalue weighted by atomic mass is 19.1. The largest absolute Gasteiger partial charge is 0.463 e. The summed E-state index contributed by atoms with van der Waals surface area (Å²) in [5, 5.41) is 29.2. The number of para-hydroxylation sites is 6. The number of aryl methyl sites for hydroxylation is 2. The molecular formula is C104H94F3N31O9. The van der Waals surface area contributed by atoms with Crippen molar-refractivity contribution < 1.29 is 27.5 Å². The number of nitrogens with one attached hydrogen (secondary N) is 1. The van der Waals surface area contributed by atoms with Crippen molar-refractivity contribution in [3.05, 3.63) is 385 Å². The van der Waals surface area contributed by atoms with Gasteiger partial charge in [-0.25, -0.2) is 126 Å². The highest BCUT2D eigenvalue weighted by Crippen LogP contribution is 2.31. The first kappa shape index (κ1) is 96.5. The average Bonchev–Trinajstić information content (AvgIpc) is 1.80. The number of nitrogens with two attached hydrogens (primary N) is 5. The van der Waals surface area contributed by atoms with Gasteiger partial charge in [-0.1, -0.05) is 177 Å². The maximum atomic E-state index is 13.9. The van der Waals surface area contributed by atoms with Gasteiger partial charge in [0, 0.05) is 44.4 Å². The van der Waals surface area contributed by atoms with Crippen LogP contribution < -0.4 is 68.1 Å². The van der Waals surface area contributed by atoms with E-state index < -0.39 is 23.1 Å². The number of anilines is 6. The number of carbonyl (C=O) groups excluding carboxylic acids is 2. The fourth-order valence-corrected chi connectivity index (χ4v) is 17.0. The van der Waals surface area contributed by atoms with Crippen molar-refractivity contribution in [3.63, 3.8) is 0 Å². The molecule has 12 aromatic heterocycles. The van der Waals surface area contributed by atoms with Gasteiger partial charge in [0.25, 0.3) is 12.4 Å². The Bertz CT molecular complexity index is 9430. The number of halogens is 3. The number of amides is 1. The van der Waals surface area contributed by atoms with E-state index in [1.165, 1.54) is 86.9 Å². The van der Waals surface area contributed by atoms with Crippen molar-refractivity contribution in [2.75, 3.05) is 54.6 Å². The maximum Gasteiger partial charge on any atom is 0.351 e. The van der Waals surface area contributed by atoms with Crippen LogP contribution in [0.4, 0.5) is 48.1 Å². The predicted molar refractivity (Wildman–Crippen MR) is 553 cm³/mol. The zero-order valence-electron chi connectivity index (χ0n) is 79.8. The van der Waals surface area contributed by atoms with E-state index in [0.717, 1.165) is 69.5 Å². The quantitative estimate of drug-likeness (QED) is 0.0305. The fraction of sp³-hybridized carbons (Fsp3) is 0.173. The first-order valence-electron chi connectivity index (χ1n) is 46.6. The van der Waals surface area contributed by atoms with Crippen LogP contribution in [0, 0.1) is 37.2 Å². The van der Waals surface area contributed by atoms with Crippen molar-refractivity contribution in [1.29, 1.82) is 0 Å². The van der Waals surface area contributed by atoms with Crippen LogP contribution in [-0.4, -0.2) is 153 Å². The summed E-state index contributed by atoms with van der Waals surface area (Å²) in [7, 11) is 3.38. The van der Waals surface area contributed by atoms with E-state index in [1.54, 1.807) is 79.2 Å². The van der Waals surface area contributed by atoms with Gasteiger partial charge in [-0.3, -0.25) is 9.59 Å². The molecule has 1 saturated carbocycles. The number of unbranched alkanes of at least 4 members (excludes halogenated alkanes) is 1. The molecule has 23 aromatic rings. The molecule has 0 saturated heterocycles. The number of rotatable bonds is 20. The number of nitrogens with zero attached hydrogens (tertiary/aromatic N) is 25. The molecule has 12 heterocycles. The van der Waals surface area contributed by atoms with E-state index >= 15 is 0 Å². The topological polar surface area (TPSA) is 502 Å². The standard InChI is InChI=1S/C20H20FN5O.C19H18N6O2.C18H15N5O3.C17H13F2N5O.C17H15N5O.C13H13N5O/c1-2-3-11-22-18-19-24-25(13-14-7-5-4-6-8-14)20(27)26(19)17-12-15(21)9-10-16(17)23-18;1-23(2)18(26)13-8-4-3-7-12(13)11-24-19(27)25-15-10-6-5-9-14(15)21-16(20)17(25)22-24;19-16-17-21-22(9-12-4-2-1-3-5-12)18(25)23(17)15-7-6-13(10-26-11-24)8-14(15)20-16;1-9-5-6-14-13(7-9)21-15(20)16-22-23(17(25)24(14)16)8-10-11(18)3-2-4-12(10)19;1-11-6-8-12(9-7-11)10-21-17(23)22-14-5-3-2-4-13(14)19-15(18)16(22)20-21;14-11-12-16-17(7-8-5-6-8)13(19)18(12)10-4-2-1-3-9(10)15-11/h4-10,12H,2-3,11,13H2,1H3,(H,22,23);3-10H,11H2,1-2H3,(H2,20,21);1-8,11H,9-10H2,(H2,19,20);2-7H,8H2,1H3,(H2,20,21);2-9H,10H2,1H3,(H2,18,19);1-4,8H,5-7H2,(H2,14,15).